The number of halogens is 1. The largest absolute Gasteiger partial charge is 0.478 e. The van der Waals surface area contributed by atoms with Crippen LogP contribution in [0, 0.1) is 0 Å². The molecule has 0 unspecified atom stereocenters. The minimum Gasteiger partial charge on any atom is -0.478 e. The highest BCUT2D eigenvalue weighted by molar-refractivity contribution is 7.10. The van der Waals surface area contributed by atoms with Crippen LogP contribution >= 0.6 is 22.9 Å². The van der Waals surface area contributed by atoms with Crippen molar-refractivity contribution in [2.45, 2.75) is 6.54 Å². The van der Waals surface area contributed by atoms with Crippen LogP contribution in [0.5, 0.6) is 0 Å². The third-order valence-electron chi connectivity index (χ3n) is 2.80. The summed E-state index contributed by atoms with van der Waals surface area (Å²) in [5.74, 6) is -0.897. The zero-order valence-corrected chi connectivity index (χ0v) is 12.8. The Morgan fingerprint density at radius 2 is 2.15 bits per heavy atom. The normalized spacial score (nSPS) is 10.3. The van der Waals surface area contributed by atoms with E-state index in [0.717, 1.165) is 16.3 Å². The third kappa shape index (κ3) is 3.43. The molecule has 0 bridgehead atoms. The first-order valence-corrected chi connectivity index (χ1v) is 7.24. The summed E-state index contributed by atoms with van der Waals surface area (Å²) >= 11 is 7.62. The maximum atomic E-state index is 10.8. The standard InChI is InChI=1S/C14H15ClN2O2S/c1-17(2)13-4-3-10(6-12(13)15)16-7-11-5-9(8-20-11)14(18)19/h3-6,8,16H,7H2,1-2H3,(H,18,19). The number of nitrogens with zero attached hydrogens (tertiary/aromatic N) is 1. The molecule has 2 rings (SSSR count). The number of rotatable bonds is 5. The summed E-state index contributed by atoms with van der Waals surface area (Å²) in [6.07, 6.45) is 0. The molecule has 0 spiro atoms. The first-order chi connectivity index (χ1) is 9.47. The van der Waals surface area contributed by atoms with E-state index >= 15 is 0 Å². The monoisotopic (exact) mass is 310 g/mol. The third-order valence-corrected chi connectivity index (χ3v) is 4.04. The molecule has 106 valence electrons. The van der Waals surface area contributed by atoms with E-state index in [-0.39, 0.29) is 0 Å². The van der Waals surface area contributed by atoms with E-state index in [1.54, 1.807) is 11.4 Å². The van der Waals surface area contributed by atoms with Crippen molar-refractivity contribution < 1.29 is 9.90 Å². The summed E-state index contributed by atoms with van der Waals surface area (Å²) < 4.78 is 0. The summed E-state index contributed by atoms with van der Waals surface area (Å²) in [6, 6.07) is 7.44. The van der Waals surface area contributed by atoms with E-state index in [0.29, 0.717) is 17.1 Å². The molecule has 1 heterocycles. The lowest BCUT2D eigenvalue weighted by Gasteiger charge is -2.15. The molecule has 0 aliphatic heterocycles. The van der Waals surface area contributed by atoms with Crippen LogP contribution in [0.1, 0.15) is 15.2 Å². The van der Waals surface area contributed by atoms with Gasteiger partial charge < -0.3 is 15.3 Å². The topological polar surface area (TPSA) is 52.6 Å². The van der Waals surface area contributed by atoms with Gasteiger partial charge in [-0.25, -0.2) is 4.79 Å². The van der Waals surface area contributed by atoms with Gasteiger partial charge in [0.1, 0.15) is 0 Å². The van der Waals surface area contributed by atoms with Crippen molar-refractivity contribution in [1.29, 1.82) is 0 Å². The predicted molar refractivity (Wildman–Crippen MR) is 84.4 cm³/mol. The zero-order chi connectivity index (χ0) is 14.7. The molecule has 0 aliphatic carbocycles. The van der Waals surface area contributed by atoms with E-state index in [4.69, 9.17) is 16.7 Å². The van der Waals surface area contributed by atoms with Gasteiger partial charge in [-0.2, -0.15) is 0 Å². The van der Waals surface area contributed by atoms with Gasteiger partial charge in [0.15, 0.2) is 0 Å². The number of anilines is 2. The van der Waals surface area contributed by atoms with Crippen molar-refractivity contribution in [1.82, 2.24) is 0 Å². The maximum Gasteiger partial charge on any atom is 0.336 e. The van der Waals surface area contributed by atoms with Gasteiger partial charge >= 0.3 is 5.97 Å². The molecule has 2 aromatic rings. The van der Waals surface area contributed by atoms with Crippen molar-refractivity contribution >= 4 is 40.3 Å². The van der Waals surface area contributed by atoms with Crippen molar-refractivity contribution in [3.63, 3.8) is 0 Å². The summed E-state index contributed by atoms with van der Waals surface area (Å²) in [6.45, 7) is 0.579. The van der Waals surface area contributed by atoms with Crippen LogP contribution in [-0.2, 0) is 6.54 Å². The molecular formula is C14H15ClN2O2S. The Bertz CT molecular complexity index is 625. The molecule has 0 fully saturated rings. The molecule has 2 N–H and O–H groups in total. The van der Waals surface area contributed by atoms with Crippen LogP contribution in [0.2, 0.25) is 5.02 Å². The van der Waals surface area contributed by atoms with Gasteiger partial charge in [0.25, 0.3) is 0 Å². The van der Waals surface area contributed by atoms with Crippen molar-refractivity contribution in [2.75, 3.05) is 24.3 Å². The summed E-state index contributed by atoms with van der Waals surface area (Å²) in [4.78, 5) is 13.7. The van der Waals surface area contributed by atoms with Gasteiger partial charge in [0, 0.05) is 36.6 Å². The second-order valence-electron chi connectivity index (χ2n) is 4.52. The Labute approximate surface area is 126 Å². The summed E-state index contributed by atoms with van der Waals surface area (Å²) in [5, 5.41) is 14.4. The summed E-state index contributed by atoms with van der Waals surface area (Å²) in [5.41, 5.74) is 2.19. The number of benzene rings is 1. The lowest BCUT2D eigenvalue weighted by molar-refractivity contribution is 0.0697. The van der Waals surface area contributed by atoms with Crippen molar-refractivity contribution in [3.8, 4) is 0 Å². The molecule has 1 aromatic carbocycles. The lowest BCUT2D eigenvalue weighted by Crippen LogP contribution is -2.09. The van der Waals surface area contributed by atoms with Gasteiger partial charge in [-0.1, -0.05) is 11.6 Å². The van der Waals surface area contributed by atoms with Crippen molar-refractivity contribution in [2.24, 2.45) is 0 Å². The first kappa shape index (κ1) is 14.7. The molecule has 0 amide bonds. The minimum absolute atomic E-state index is 0.327. The maximum absolute atomic E-state index is 10.8. The van der Waals surface area contributed by atoms with Gasteiger partial charge in [0.2, 0.25) is 0 Å². The predicted octanol–water partition coefficient (Wildman–Crippen LogP) is 3.78. The number of carboxylic acid groups (broad SMARTS) is 1. The Morgan fingerprint density at radius 3 is 2.70 bits per heavy atom. The van der Waals surface area contributed by atoms with Crippen LogP contribution in [0.4, 0.5) is 11.4 Å². The van der Waals surface area contributed by atoms with Crippen LogP contribution in [-0.4, -0.2) is 25.2 Å². The average molecular weight is 311 g/mol. The van der Waals surface area contributed by atoms with Crippen LogP contribution in [0.15, 0.2) is 29.6 Å². The first-order valence-electron chi connectivity index (χ1n) is 5.99. The van der Waals surface area contributed by atoms with Crippen LogP contribution in [0.3, 0.4) is 0 Å². The molecule has 0 radical (unpaired) electrons. The van der Waals surface area contributed by atoms with E-state index in [1.807, 2.05) is 37.2 Å². The molecule has 0 saturated carbocycles. The fraction of sp³-hybridized carbons (Fsp3) is 0.214. The average Bonchev–Trinajstić information content (AvgIpc) is 2.85. The Kier molecular flexibility index (Phi) is 4.52. The fourth-order valence-electron chi connectivity index (χ4n) is 1.75. The SMILES string of the molecule is CN(C)c1ccc(NCc2cc(C(=O)O)cs2)cc1Cl. The molecular weight excluding hydrogens is 296 g/mol. The molecule has 0 atom stereocenters. The quantitative estimate of drug-likeness (QED) is 0.882. The van der Waals surface area contributed by atoms with E-state index < -0.39 is 5.97 Å². The van der Waals surface area contributed by atoms with E-state index in [1.165, 1.54) is 11.3 Å². The molecule has 1 aromatic heterocycles. The number of hydrogen-bond donors (Lipinski definition) is 2. The number of nitrogens with one attached hydrogen (secondary N) is 1. The van der Waals surface area contributed by atoms with Crippen LogP contribution in [0.25, 0.3) is 0 Å². The smallest absolute Gasteiger partial charge is 0.336 e. The summed E-state index contributed by atoms with van der Waals surface area (Å²) in [7, 11) is 3.88. The molecule has 4 nitrogen and oxygen atoms in total. The number of carboxylic acids is 1. The second-order valence-corrected chi connectivity index (χ2v) is 5.92. The van der Waals surface area contributed by atoms with Crippen molar-refractivity contribution in [3.05, 3.63) is 45.1 Å². The Hall–Kier alpha value is -1.72. The number of hydrogen-bond acceptors (Lipinski definition) is 4. The van der Waals surface area contributed by atoms with E-state index in [9.17, 15) is 4.79 Å². The number of aromatic carboxylic acids is 1. The molecule has 6 heteroatoms. The highest BCUT2D eigenvalue weighted by Gasteiger charge is 2.07. The van der Waals surface area contributed by atoms with Gasteiger partial charge in [-0.05, 0) is 24.3 Å². The Morgan fingerprint density at radius 1 is 1.40 bits per heavy atom. The zero-order valence-electron chi connectivity index (χ0n) is 11.2. The van der Waals surface area contributed by atoms with Gasteiger partial charge in [0.05, 0.1) is 16.3 Å². The number of carbonyl (C=O) groups is 1. The van der Waals surface area contributed by atoms with Gasteiger partial charge in [-0.15, -0.1) is 11.3 Å². The van der Waals surface area contributed by atoms with Gasteiger partial charge in [-0.3, -0.25) is 0 Å². The highest BCUT2D eigenvalue weighted by atomic mass is 35.5. The Balaban J connectivity index is 2.03. The minimum atomic E-state index is -0.897. The van der Waals surface area contributed by atoms with E-state index in [2.05, 4.69) is 5.32 Å². The highest BCUT2D eigenvalue weighted by Crippen LogP contribution is 2.27. The fourth-order valence-corrected chi connectivity index (χ4v) is 2.90. The number of thiophene rings is 1. The second kappa shape index (κ2) is 6.15. The molecule has 20 heavy (non-hydrogen) atoms. The molecule has 0 aliphatic rings. The van der Waals surface area contributed by atoms with Crippen LogP contribution < -0.4 is 10.2 Å². The molecule has 0 saturated heterocycles. The lowest BCUT2D eigenvalue weighted by atomic mass is 10.2.